The van der Waals surface area contributed by atoms with Crippen molar-refractivity contribution < 1.29 is 14.3 Å². The molecule has 2 aliphatic heterocycles. The summed E-state index contributed by atoms with van der Waals surface area (Å²) in [5.41, 5.74) is 1.24. The zero-order chi connectivity index (χ0) is 17.9. The van der Waals surface area contributed by atoms with Crippen LogP contribution in [0.2, 0.25) is 5.02 Å². The van der Waals surface area contributed by atoms with Crippen LogP contribution in [0.15, 0.2) is 29.6 Å². The topological polar surface area (TPSA) is 50.8 Å². The number of nitrogens with one attached hydrogen (secondary N) is 1. The number of hydrogen-bond acceptors (Lipinski definition) is 5. The van der Waals surface area contributed by atoms with Crippen LogP contribution in [-0.4, -0.2) is 43.2 Å². The van der Waals surface area contributed by atoms with Crippen LogP contribution in [0.1, 0.15) is 28.1 Å². The number of rotatable bonds is 4. The van der Waals surface area contributed by atoms with Gasteiger partial charge >= 0.3 is 0 Å². The van der Waals surface area contributed by atoms with Crippen LogP contribution in [-0.2, 0) is 6.54 Å². The number of fused-ring (bicyclic) bond motifs is 1. The average Bonchev–Trinajstić information content (AvgIpc) is 3.08. The molecule has 1 aromatic carbocycles. The van der Waals surface area contributed by atoms with Gasteiger partial charge in [0.1, 0.15) is 18.1 Å². The standard InChI is InChI=1S/C19H21ClN2O3S/c20-14-5-3-13(4-6-14)10-22-7-1-2-15(11-22)21-19(23)18-17-16(12-26-18)24-8-9-25-17/h3-6,12,15H,1-2,7-11H2,(H,21,23)/t15-/m1/s1. The number of halogens is 1. The third kappa shape index (κ3) is 3.98. The molecule has 0 unspecified atom stereocenters. The zero-order valence-electron chi connectivity index (χ0n) is 14.4. The van der Waals surface area contributed by atoms with E-state index in [2.05, 4.69) is 22.3 Å². The van der Waals surface area contributed by atoms with E-state index in [1.807, 2.05) is 17.5 Å². The van der Waals surface area contributed by atoms with Crippen LogP contribution in [0.25, 0.3) is 0 Å². The molecule has 1 saturated heterocycles. The fraction of sp³-hybridized carbons (Fsp3) is 0.421. The van der Waals surface area contributed by atoms with Crippen molar-refractivity contribution in [1.29, 1.82) is 0 Å². The van der Waals surface area contributed by atoms with E-state index in [1.165, 1.54) is 16.9 Å². The van der Waals surface area contributed by atoms with E-state index < -0.39 is 0 Å². The van der Waals surface area contributed by atoms with E-state index in [0.29, 0.717) is 29.6 Å². The SMILES string of the molecule is O=C(N[C@@H]1CCCN(Cc2ccc(Cl)cc2)C1)c1scc2c1OCCO2. The molecular weight excluding hydrogens is 372 g/mol. The number of benzene rings is 1. The summed E-state index contributed by atoms with van der Waals surface area (Å²) < 4.78 is 11.1. The molecule has 0 aliphatic carbocycles. The smallest absolute Gasteiger partial charge is 0.265 e. The Balaban J connectivity index is 1.36. The molecule has 138 valence electrons. The summed E-state index contributed by atoms with van der Waals surface area (Å²) in [5.74, 6) is 1.20. The van der Waals surface area contributed by atoms with Gasteiger partial charge in [0.25, 0.3) is 5.91 Å². The molecule has 7 heteroatoms. The van der Waals surface area contributed by atoms with E-state index in [1.54, 1.807) is 0 Å². The molecule has 2 aromatic rings. The van der Waals surface area contributed by atoms with Crippen molar-refractivity contribution in [3.05, 3.63) is 45.1 Å². The number of hydrogen-bond donors (Lipinski definition) is 1. The van der Waals surface area contributed by atoms with Crippen molar-refractivity contribution in [1.82, 2.24) is 10.2 Å². The maximum absolute atomic E-state index is 12.7. The molecule has 1 aromatic heterocycles. The number of piperidine rings is 1. The van der Waals surface area contributed by atoms with E-state index >= 15 is 0 Å². The second kappa shape index (κ2) is 7.86. The lowest BCUT2D eigenvalue weighted by atomic mass is 10.0. The molecule has 2 aliphatic rings. The Hall–Kier alpha value is -1.76. The molecule has 26 heavy (non-hydrogen) atoms. The van der Waals surface area contributed by atoms with E-state index in [0.717, 1.165) is 37.5 Å². The first-order valence-electron chi connectivity index (χ1n) is 8.84. The van der Waals surface area contributed by atoms with Crippen molar-refractivity contribution in [2.45, 2.75) is 25.4 Å². The van der Waals surface area contributed by atoms with Gasteiger partial charge in [-0.25, -0.2) is 0 Å². The second-order valence-corrected chi connectivity index (χ2v) is 7.95. The third-order valence-corrected chi connectivity index (χ3v) is 5.86. The highest BCUT2D eigenvalue weighted by atomic mass is 35.5. The van der Waals surface area contributed by atoms with Crippen LogP contribution in [0.3, 0.4) is 0 Å². The minimum atomic E-state index is -0.0694. The van der Waals surface area contributed by atoms with Gasteiger partial charge in [-0.2, -0.15) is 0 Å². The second-order valence-electron chi connectivity index (χ2n) is 6.63. The van der Waals surface area contributed by atoms with Gasteiger partial charge in [0.15, 0.2) is 11.5 Å². The molecule has 3 heterocycles. The van der Waals surface area contributed by atoms with Gasteiger partial charge in [0, 0.05) is 29.5 Å². The quantitative estimate of drug-likeness (QED) is 0.864. The Bertz CT molecular complexity index is 778. The van der Waals surface area contributed by atoms with Gasteiger partial charge in [-0.05, 0) is 37.1 Å². The van der Waals surface area contributed by atoms with Crippen molar-refractivity contribution in [3.63, 3.8) is 0 Å². The average molecular weight is 393 g/mol. The van der Waals surface area contributed by atoms with E-state index in [9.17, 15) is 4.79 Å². The monoisotopic (exact) mass is 392 g/mol. The molecule has 0 saturated carbocycles. The van der Waals surface area contributed by atoms with Crippen LogP contribution in [0.4, 0.5) is 0 Å². The lowest BCUT2D eigenvalue weighted by molar-refractivity contribution is 0.0896. The summed E-state index contributed by atoms with van der Waals surface area (Å²) in [6.45, 7) is 3.78. The molecule has 0 spiro atoms. The van der Waals surface area contributed by atoms with Crippen molar-refractivity contribution in [2.24, 2.45) is 0 Å². The summed E-state index contributed by atoms with van der Waals surface area (Å²) in [5, 5.41) is 5.77. The molecule has 0 bridgehead atoms. The number of nitrogens with zero attached hydrogens (tertiary/aromatic N) is 1. The van der Waals surface area contributed by atoms with E-state index in [4.69, 9.17) is 21.1 Å². The number of ether oxygens (including phenoxy) is 2. The van der Waals surface area contributed by atoms with Crippen molar-refractivity contribution >= 4 is 28.8 Å². The lowest BCUT2D eigenvalue weighted by Crippen LogP contribution is -2.47. The van der Waals surface area contributed by atoms with Crippen LogP contribution >= 0.6 is 22.9 Å². The summed E-state index contributed by atoms with van der Waals surface area (Å²) in [6.07, 6.45) is 2.06. The number of amides is 1. The fourth-order valence-corrected chi connectivity index (χ4v) is 4.39. The van der Waals surface area contributed by atoms with Gasteiger partial charge in [0.05, 0.1) is 0 Å². The molecule has 1 amide bonds. The van der Waals surface area contributed by atoms with E-state index in [-0.39, 0.29) is 11.9 Å². The molecule has 0 radical (unpaired) electrons. The van der Waals surface area contributed by atoms with Crippen LogP contribution in [0.5, 0.6) is 11.5 Å². The van der Waals surface area contributed by atoms with Crippen molar-refractivity contribution in [2.75, 3.05) is 26.3 Å². The normalized spacial score (nSPS) is 20.0. The van der Waals surface area contributed by atoms with Crippen molar-refractivity contribution in [3.8, 4) is 11.5 Å². The highest BCUT2D eigenvalue weighted by molar-refractivity contribution is 7.12. The Morgan fingerprint density at radius 3 is 2.92 bits per heavy atom. The summed E-state index contributed by atoms with van der Waals surface area (Å²) >= 11 is 7.33. The summed E-state index contributed by atoms with van der Waals surface area (Å²) in [4.78, 5) is 15.7. The largest absolute Gasteiger partial charge is 0.485 e. The van der Waals surface area contributed by atoms with Crippen LogP contribution < -0.4 is 14.8 Å². The predicted octanol–water partition coefficient (Wildman–Crippen LogP) is 3.57. The lowest BCUT2D eigenvalue weighted by Gasteiger charge is -2.33. The Labute approximate surface area is 161 Å². The summed E-state index contributed by atoms with van der Waals surface area (Å²) in [6, 6.07) is 8.09. The molecule has 1 fully saturated rings. The number of carbonyl (C=O) groups is 1. The Kier molecular flexibility index (Phi) is 5.33. The Morgan fingerprint density at radius 1 is 1.27 bits per heavy atom. The fourth-order valence-electron chi connectivity index (χ4n) is 3.44. The molecular formula is C19H21ClN2O3S. The Morgan fingerprint density at radius 2 is 2.08 bits per heavy atom. The first-order valence-corrected chi connectivity index (χ1v) is 10.1. The first-order chi connectivity index (χ1) is 12.7. The maximum Gasteiger partial charge on any atom is 0.265 e. The molecule has 1 atom stereocenters. The summed E-state index contributed by atoms with van der Waals surface area (Å²) in [7, 11) is 0. The molecule has 5 nitrogen and oxygen atoms in total. The molecule has 1 N–H and O–H groups in total. The predicted molar refractivity (Wildman–Crippen MR) is 103 cm³/mol. The van der Waals surface area contributed by atoms with Gasteiger partial charge < -0.3 is 14.8 Å². The van der Waals surface area contributed by atoms with Gasteiger partial charge in [-0.1, -0.05) is 23.7 Å². The highest BCUT2D eigenvalue weighted by Gasteiger charge is 2.27. The minimum Gasteiger partial charge on any atom is -0.485 e. The van der Waals surface area contributed by atoms with Gasteiger partial charge in [-0.3, -0.25) is 9.69 Å². The number of carbonyl (C=O) groups excluding carboxylic acids is 1. The van der Waals surface area contributed by atoms with Gasteiger partial charge in [-0.15, -0.1) is 11.3 Å². The number of thiophene rings is 1. The zero-order valence-corrected chi connectivity index (χ0v) is 15.9. The molecule has 4 rings (SSSR count). The number of likely N-dealkylation sites (tertiary alicyclic amines) is 1. The van der Waals surface area contributed by atoms with Gasteiger partial charge in [0.2, 0.25) is 0 Å². The highest BCUT2D eigenvalue weighted by Crippen LogP contribution is 2.39. The minimum absolute atomic E-state index is 0.0694. The third-order valence-electron chi connectivity index (χ3n) is 4.67. The first kappa shape index (κ1) is 17.6. The van der Waals surface area contributed by atoms with Crippen LogP contribution in [0, 0.1) is 0 Å². The maximum atomic E-state index is 12.7.